The maximum Gasteiger partial charge on any atom is -0.00934 e. The van der Waals surface area contributed by atoms with Gasteiger partial charge in [0.2, 0.25) is 0 Å². The molecule has 0 saturated heterocycles. The molecule has 0 aliphatic heterocycles. The first-order valence-corrected chi connectivity index (χ1v) is 6.17. The largest absolute Gasteiger partial charge is 0.0876 e. The molecule has 0 unspecified atom stereocenters. The van der Waals surface area contributed by atoms with E-state index in [0.29, 0.717) is 0 Å². The highest BCUT2D eigenvalue weighted by atomic mass is 14.4. The first-order chi connectivity index (χ1) is 7.45. The highest BCUT2D eigenvalue weighted by molar-refractivity contribution is 5.24. The third-order valence-corrected chi connectivity index (χ3v) is 4.14. The lowest BCUT2D eigenvalue weighted by atomic mass is 9.74. The molecular formula is C15H18. The molecule has 0 heteroatoms. The summed E-state index contributed by atoms with van der Waals surface area (Å²) in [5.74, 6) is 2.60. The third-order valence-electron chi connectivity index (χ3n) is 4.14. The van der Waals surface area contributed by atoms with E-state index in [9.17, 15) is 0 Å². The van der Waals surface area contributed by atoms with Crippen LogP contribution in [-0.2, 0) is 0 Å². The maximum absolute atomic E-state index is 2.47. The highest BCUT2D eigenvalue weighted by Crippen LogP contribution is 2.46. The van der Waals surface area contributed by atoms with Crippen LogP contribution in [0, 0.1) is 11.8 Å². The van der Waals surface area contributed by atoms with Crippen LogP contribution in [0.2, 0.25) is 0 Å². The van der Waals surface area contributed by atoms with Gasteiger partial charge in [-0.25, -0.2) is 0 Å². The molecule has 2 aliphatic rings. The lowest BCUT2D eigenvalue weighted by molar-refractivity contribution is 0.357. The van der Waals surface area contributed by atoms with Gasteiger partial charge < -0.3 is 0 Å². The molecular weight excluding hydrogens is 180 g/mol. The molecule has 0 radical (unpaired) electrons. The molecule has 15 heavy (non-hydrogen) atoms. The van der Waals surface area contributed by atoms with Gasteiger partial charge in [0.25, 0.3) is 0 Å². The summed E-state index contributed by atoms with van der Waals surface area (Å²) < 4.78 is 0. The predicted molar refractivity (Wildman–Crippen MR) is 63.8 cm³/mol. The minimum Gasteiger partial charge on any atom is -0.0876 e. The number of benzene rings is 1. The molecule has 0 nitrogen and oxygen atoms in total. The van der Waals surface area contributed by atoms with Crippen molar-refractivity contribution in [1.82, 2.24) is 0 Å². The van der Waals surface area contributed by atoms with Crippen LogP contribution in [0.1, 0.15) is 37.2 Å². The molecule has 3 rings (SSSR count). The second-order valence-corrected chi connectivity index (χ2v) is 4.94. The van der Waals surface area contributed by atoms with Crippen LogP contribution in [0.4, 0.5) is 0 Å². The fourth-order valence-corrected chi connectivity index (χ4v) is 3.41. The Morgan fingerprint density at radius 1 is 1.00 bits per heavy atom. The molecule has 1 aromatic rings. The van der Waals surface area contributed by atoms with Crippen LogP contribution in [0.25, 0.3) is 0 Å². The Morgan fingerprint density at radius 2 is 1.87 bits per heavy atom. The van der Waals surface area contributed by atoms with Crippen molar-refractivity contribution in [2.75, 3.05) is 0 Å². The van der Waals surface area contributed by atoms with E-state index in [4.69, 9.17) is 0 Å². The first kappa shape index (κ1) is 9.21. The molecule has 1 fully saturated rings. The molecule has 2 aliphatic carbocycles. The minimum atomic E-state index is 0.795. The van der Waals surface area contributed by atoms with E-state index in [1.165, 1.54) is 25.7 Å². The third kappa shape index (κ3) is 1.62. The summed E-state index contributed by atoms with van der Waals surface area (Å²) in [5, 5.41) is 0. The van der Waals surface area contributed by atoms with Crippen molar-refractivity contribution in [3.8, 4) is 0 Å². The standard InChI is InChI=1S/C15H18/c1-2-6-12(7-3-1)14-10-4-8-13-9-5-11-15(13)14/h1-4,6-8,13-15H,5,9-11H2/t13-,14-,15+/m1/s1. The Balaban J connectivity index is 1.90. The zero-order valence-corrected chi connectivity index (χ0v) is 9.10. The molecule has 1 aromatic carbocycles. The number of hydrogen-bond donors (Lipinski definition) is 0. The average Bonchev–Trinajstić information content (AvgIpc) is 2.78. The second kappa shape index (κ2) is 3.84. The van der Waals surface area contributed by atoms with Crippen molar-refractivity contribution in [3.63, 3.8) is 0 Å². The lowest BCUT2D eigenvalue weighted by Crippen LogP contribution is -2.19. The molecule has 3 atom stereocenters. The summed E-state index contributed by atoms with van der Waals surface area (Å²) in [6.45, 7) is 0. The van der Waals surface area contributed by atoms with Gasteiger partial charge in [-0.1, -0.05) is 48.9 Å². The molecule has 1 saturated carbocycles. The Bertz CT molecular complexity index is 350. The van der Waals surface area contributed by atoms with Crippen molar-refractivity contribution in [1.29, 1.82) is 0 Å². The van der Waals surface area contributed by atoms with Gasteiger partial charge in [-0.3, -0.25) is 0 Å². The molecule has 0 spiro atoms. The van der Waals surface area contributed by atoms with E-state index >= 15 is 0 Å². The fourth-order valence-electron chi connectivity index (χ4n) is 3.41. The van der Waals surface area contributed by atoms with Crippen LogP contribution in [0.15, 0.2) is 42.5 Å². The Kier molecular flexibility index (Phi) is 2.36. The number of rotatable bonds is 1. The molecule has 0 heterocycles. The summed E-state index contributed by atoms with van der Waals surface area (Å²) >= 11 is 0. The topological polar surface area (TPSA) is 0 Å². The second-order valence-electron chi connectivity index (χ2n) is 4.94. The van der Waals surface area contributed by atoms with E-state index < -0.39 is 0 Å². The smallest absolute Gasteiger partial charge is 0.00934 e. The monoisotopic (exact) mass is 198 g/mol. The van der Waals surface area contributed by atoms with Crippen molar-refractivity contribution in [2.45, 2.75) is 31.6 Å². The average molecular weight is 198 g/mol. The summed E-state index contributed by atoms with van der Waals surface area (Å²) in [4.78, 5) is 0. The summed E-state index contributed by atoms with van der Waals surface area (Å²) in [7, 11) is 0. The van der Waals surface area contributed by atoms with Gasteiger partial charge in [0.1, 0.15) is 0 Å². The van der Waals surface area contributed by atoms with Crippen LogP contribution in [-0.4, -0.2) is 0 Å². The normalized spacial score (nSPS) is 34.0. The van der Waals surface area contributed by atoms with Gasteiger partial charge in [0.05, 0.1) is 0 Å². The van der Waals surface area contributed by atoms with Crippen molar-refractivity contribution >= 4 is 0 Å². The molecule has 0 bridgehead atoms. The van der Waals surface area contributed by atoms with E-state index in [2.05, 4.69) is 42.5 Å². The molecule has 78 valence electrons. The maximum atomic E-state index is 2.47. The van der Waals surface area contributed by atoms with Crippen molar-refractivity contribution < 1.29 is 0 Å². The first-order valence-electron chi connectivity index (χ1n) is 6.17. The highest BCUT2D eigenvalue weighted by Gasteiger charge is 2.34. The molecule has 0 aromatic heterocycles. The van der Waals surface area contributed by atoms with Gasteiger partial charge in [0.15, 0.2) is 0 Å². The van der Waals surface area contributed by atoms with Crippen LogP contribution >= 0.6 is 0 Å². The van der Waals surface area contributed by atoms with Crippen molar-refractivity contribution in [2.24, 2.45) is 11.8 Å². The zero-order chi connectivity index (χ0) is 10.1. The summed E-state index contributed by atoms with van der Waals surface area (Å²) in [5.41, 5.74) is 1.55. The predicted octanol–water partition coefficient (Wildman–Crippen LogP) is 4.15. The van der Waals surface area contributed by atoms with E-state index in [1.807, 2.05) is 0 Å². The number of hydrogen-bond acceptors (Lipinski definition) is 0. The SMILES string of the molecule is C1=C[C@@H]2CCC[C@@H]2[C@@H](c2ccccc2)C1. The van der Waals surface area contributed by atoms with Gasteiger partial charge in [-0.15, -0.1) is 0 Å². The van der Waals surface area contributed by atoms with Crippen LogP contribution < -0.4 is 0 Å². The van der Waals surface area contributed by atoms with Crippen LogP contribution in [0.3, 0.4) is 0 Å². The molecule has 0 amide bonds. The summed E-state index contributed by atoms with van der Waals surface area (Å²) in [6, 6.07) is 11.1. The number of fused-ring (bicyclic) bond motifs is 1. The summed E-state index contributed by atoms with van der Waals surface area (Å²) in [6.07, 6.45) is 10.4. The molecule has 0 N–H and O–H groups in total. The quantitative estimate of drug-likeness (QED) is 0.595. The van der Waals surface area contributed by atoms with Gasteiger partial charge in [-0.05, 0) is 42.6 Å². The Hall–Kier alpha value is -1.04. The van der Waals surface area contributed by atoms with E-state index in [1.54, 1.807) is 5.56 Å². The Labute approximate surface area is 92.0 Å². The fraction of sp³-hybridized carbons (Fsp3) is 0.467. The zero-order valence-electron chi connectivity index (χ0n) is 9.10. The van der Waals surface area contributed by atoms with E-state index in [0.717, 1.165) is 17.8 Å². The minimum absolute atomic E-state index is 0.795. The van der Waals surface area contributed by atoms with Crippen molar-refractivity contribution in [3.05, 3.63) is 48.0 Å². The van der Waals surface area contributed by atoms with Gasteiger partial charge >= 0.3 is 0 Å². The van der Waals surface area contributed by atoms with Crippen LogP contribution in [0.5, 0.6) is 0 Å². The lowest BCUT2D eigenvalue weighted by Gasteiger charge is -2.30. The van der Waals surface area contributed by atoms with E-state index in [-0.39, 0.29) is 0 Å². The van der Waals surface area contributed by atoms with Gasteiger partial charge in [0, 0.05) is 0 Å². The Morgan fingerprint density at radius 3 is 2.73 bits per heavy atom. The van der Waals surface area contributed by atoms with Gasteiger partial charge in [-0.2, -0.15) is 0 Å². The number of allylic oxidation sites excluding steroid dienone is 2.